The van der Waals surface area contributed by atoms with E-state index in [0.717, 1.165) is 4.47 Å². The minimum Gasteiger partial charge on any atom is -0.389 e. The van der Waals surface area contributed by atoms with E-state index in [9.17, 15) is 5.11 Å². The SMILES string of the molecule is CC(C)COCC(O)CNc1ccc(Br)cc1C#N. The van der Waals surface area contributed by atoms with Crippen LogP contribution in [0.4, 0.5) is 5.69 Å². The first-order chi connectivity index (χ1) is 9.02. The molecule has 0 saturated carbocycles. The molecule has 2 N–H and O–H groups in total. The molecule has 0 amide bonds. The summed E-state index contributed by atoms with van der Waals surface area (Å²) < 4.78 is 6.22. The molecule has 1 unspecified atom stereocenters. The van der Waals surface area contributed by atoms with Crippen molar-refractivity contribution < 1.29 is 9.84 Å². The molecule has 0 aromatic heterocycles. The van der Waals surface area contributed by atoms with Crippen molar-refractivity contribution in [3.8, 4) is 6.07 Å². The zero-order valence-corrected chi connectivity index (χ0v) is 12.8. The van der Waals surface area contributed by atoms with E-state index in [0.29, 0.717) is 36.9 Å². The minimum atomic E-state index is -0.589. The highest BCUT2D eigenvalue weighted by atomic mass is 79.9. The molecular weight excluding hydrogens is 308 g/mol. The number of aliphatic hydroxyl groups excluding tert-OH is 1. The maximum absolute atomic E-state index is 9.76. The number of nitriles is 1. The van der Waals surface area contributed by atoms with E-state index >= 15 is 0 Å². The first-order valence-corrected chi connectivity index (χ1v) is 7.01. The summed E-state index contributed by atoms with van der Waals surface area (Å²) in [7, 11) is 0. The highest BCUT2D eigenvalue weighted by Crippen LogP contribution is 2.20. The molecule has 0 fully saturated rings. The molecule has 104 valence electrons. The van der Waals surface area contributed by atoms with Crippen molar-refractivity contribution >= 4 is 21.6 Å². The van der Waals surface area contributed by atoms with Crippen molar-refractivity contribution in [1.82, 2.24) is 0 Å². The number of benzene rings is 1. The van der Waals surface area contributed by atoms with Crippen molar-refractivity contribution in [3.63, 3.8) is 0 Å². The Hall–Kier alpha value is -1.09. The van der Waals surface area contributed by atoms with Crippen LogP contribution < -0.4 is 5.32 Å². The number of halogens is 1. The molecule has 4 nitrogen and oxygen atoms in total. The highest BCUT2D eigenvalue weighted by molar-refractivity contribution is 9.10. The number of ether oxygens (including phenoxy) is 1. The Morgan fingerprint density at radius 3 is 2.79 bits per heavy atom. The van der Waals surface area contributed by atoms with Crippen LogP contribution >= 0.6 is 15.9 Å². The van der Waals surface area contributed by atoms with Gasteiger partial charge in [0.15, 0.2) is 0 Å². The second-order valence-corrected chi connectivity index (χ2v) is 5.68. The van der Waals surface area contributed by atoms with Crippen molar-refractivity contribution in [2.45, 2.75) is 20.0 Å². The molecule has 0 bridgehead atoms. The van der Waals surface area contributed by atoms with Gasteiger partial charge in [-0.3, -0.25) is 0 Å². The number of rotatable bonds is 7. The summed E-state index contributed by atoms with van der Waals surface area (Å²) in [6.07, 6.45) is -0.589. The molecule has 0 aliphatic rings. The Morgan fingerprint density at radius 1 is 1.42 bits per heavy atom. The van der Waals surface area contributed by atoms with Crippen LogP contribution in [0.2, 0.25) is 0 Å². The third-order valence-electron chi connectivity index (χ3n) is 2.39. The van der Waals surface area contributed by atoms with Crippen LogP contribution in [-0.2, 0) is 4.74 Å². The Labute approximate surface area is 122 Å². The largest absolute Gasteiger partial charge is 0.389 e. The summed E-state index contributed by atoms with van der Waals surface area (Å²) in [5.41, 5.74) is 1.26. The molecule has 19 heavy (non-hydrogen) atoms. The molecule has 1 atom stereocenters. The third kappa shape index (κ3) is 6.06. The van der Waals surface area contributed by atoms with E-state index in [4.69, 9.17) is 10.00 Å². The Balaban J connectivity index is 2.42. The van der Waals surface area contributed by atoms with Gasteiger partial charge < -0.3 is 15.2 Å². The lowest BCUT2D eigenvalue weighted by Gasteiger charge is -2.15. The van der Waals surface area contributed by atoms with Gasteiger partial charge >= 0.3 is 0 Å². The molecule has 0 radical (unpaired) electrons. The van der Waals surface area contributed by atoms with E-state index in [1.807, 2.05) is 12.1 Å². The zero-order chi connectivity index (χ0) is 14.3. The Bertz CT molecular complexity index is 444. The van der Waals surface area contributed by atoms with Gasteiger partial charge in [-0.15, -0.1) is 0 Å². The van der Waals surface area contributed by atoms with Crippen LogP contribution in [0.25, 0.3) is 0 Å². The predicted molar refractivity (Wildman–Crippen MR) is 79.0 cm³/mol. The highest BCUT2D eigenvalue weighted by Gasteiger charge is 2.07. The second kappa shape index (κ2) is 8.16. The van der Waals surface area contributed by atoms with Crippen LogP contribution in [-0.4, -0.2) is 31.0 Å². The fourth-order valence-electron chi connectivity index (χ4n) is 1.49. The predicted octanol–water partition coefficient (Wildman–Crippen LogP) is 2.77. The molecule has 0 heterocycles. The first kappa shape index (κ1) is 16.0. The summed E-state index contributed by atoms with van der Waals surface area (Å²) in [6.45, 7) is 5.41. The van der Waals surface area contributed by atoms with E-state index < -0.39 is 6.10 Å². The van der Waals surface area contributed by atoms with Crippen LogP contribution in [0, 0.1) is 17.2 Å². The summed E-state index contributed by atoms with van der Waals surface area (Å²) in [5.74, 6) is 0.455. The average Bonchev–Trinajstić information content (AvgIpc) is 2.36. The van der Waals surface area contributed by atoms with Crippen LogP contribution in [0.15, 0.2) is 22.7 Å². The van der Waals surface area contributed by atoms with Gasteiger partial charge in [-0.1, -0.05) is 29.8 Å². The van der Waals surface area contributed by atoms with Crippen LogP contribution in [0.1, 0.15) is 19.4 Å². The molecule has 1 rings (SSSR count). The maximum atomic E-state index is 9.76. The third-order valence-corrected chi connectivity index (χ3v) is 2.88. The fourth-order valence-corrected chi connectivity index (χ4v) is 1.85. The number of anilines is 1. The summed E-state index contributed by atoms with van der Waals surface area (Å²) in [5, 5.41) is 21.8. The topological polar surface area (TPSA) is 65.3 Å². The smallest absolute Gasteiger partial charge is 0.101 e. The molecule has 0 spiro atoms. The van der Waals surface area contributed by atoms with Crippen molar-refractivity contribution in [3.05, 3.63) is 28.2 Å². The maximum Gasteiger partial charge on any atom is 0.101 e. The van der Waals surface area contributed by atoms with Crippen LogP contribution in [0.3, 0.4) is 0 Å². The minimum absolute atomic E-state index is 0.295. The van der Waals surface area contributed by atoms with E-state index in [1.165, 1.54) is 0 Å². The molecule has 1 aromatic rings. The zero-order valence-electron chi connectivity index (χ0n) is 11.2. The van der Waals surface area contributed by atoms with Gasteiger partial charge in [0.2, 0.25) is 0 Å². The van der Waals surface area contributed by atoms with Crippen molar-refractivity contribution in [2.24, 2.45) is 5.92 Å². The van der Waals surface area contributed by atoms with Gasteiger partial charge in [0.05, 0.1) is 24.0 Å². The van der Waals surface area contributed by atoms with Gasteiger partial charge in [-0.05, 0) is 24.1 Å². The summed E-state index contributed by atoms with van der Waals surface area (Å²) in [6, 6.07) is 7.51. The standard InChI is InChI=1S/C14H19BrN2O2/c1-10(2)8-19-9-13(18)7-17-14-4-3-12(15)5-11(14)6-16/h3-5,10,13,17-18H,7-9H2,1-2H3. The molecule has 1 aromatic carbocycles. The van der Waals surface area contributed by atoms with E-state index in [-0.39, 0.29) is 0 Å². The van der Waals surface area contributed by atoms with Gasteiger partial charge in [0, 0.05) is 17.6 Å². The molecular formula is C14H19BrN2O2. The summed E-state index contributed by atoms with van der Waals surface area (Å²) in [4.78, 5) is 0. The van der Waals surface area contributed by atoms with Crippen molar-refractivity contribution in [1.29, 1.82) is 5.26 Å². The lowest BCUT2D eigenvalue weighted by Crippen LogP contribution is -2.25. The Morgan fingerprint density at radius 2 is 2.16 bits per heavy atom. The first-order valence-electron chi connectivity index (χ1n) is 6.22. The van der Waals surface area contributed by atoms with Gasteiger partial charge in [0.25, 0.3) is 0 Å². The lowest BCUT2D eigenvalue weighted by atomic mass is 10.2. The number of hydrogen-bond donors (Lipinski definition) is 2. The van der Waals surface area contributed by atoms with Gasteiger partial charge in [-0.2, -0.15) is 5.26 Å². The number of aliphatic hydroxyl groups is 1. The van der Waals surface area contributed by atoms with Gasteiger partial charge in [-0.25, -0.2) is 0 Å². The van der Waals surface area contributed by atoms with E-state index in [1.54, 1.807) is 6.07 Å². The van der Waals surface area contributed by atoms with Crippen LogP contribution in [0.5, 0.6) is 0 Å². The quantitative estimate of drug-likeness (QED) is 0.808. The second-order valence-electron chi connectivity index (χ2n) is 4.77. The number of hydrogen-bond acceptors (Lipinski definition) is 4. The fraction of sp³-hybridized carbons (Fsp3) is 0.500. The molecule has 5 heteroatoms. The molecule has 0 aliphatic carbocycles. The Kier molecular flexibility index (Phi) is 6.85. The number of nitrogens with zero attached hydrogens (tertiary/aromatic N) is 1. The van der Waals surface area contributed by atoms with E-state index in [2.05, 4.69) is 41.2 Å². The lowest BCUT2D eigenvalue weighted by molar-refractivity contribution is 0.0318. The molecule has 0 saturated heterocycles. The monoisotopic (exact) mass is 326 g/mol. The normalized spacial score (nSPS) is 12.2. The molecule has 0 aliphatic heterocycles. The average molecular weight is 327 g/mol. The van der Waals surface area contributed by atoms with Crippen molar-refractivity contribution in [2.75, 3.05) is 25.1 Å². The van der Waals surface area contributed by atoms with Gasteiger partial charge in [0.1, 0.15) is 6.07 Å². The number of nitrogens with one attached hydrogen (secondary N) is 1. The summed E-state index contributed by atoms with van der Waals surface area (Å²) >= 11 is 3.32.